The van der Waals surface area contributed by atoms with Crippen LogP contribution in [0.3, 0.4) is 0 Å². The van der Waals surface area contributed by atoms with Crippen LogP contribution in [0.4, 0.5) is 9.18 Å². The SMILES string of the molecule is CCCCNC(=O)N(Cc1cccn1Cc1cccc(F)c1)C1CCCCC1. The fraction of sp³-hybridized carbons (Fsp3) is 0.522. The first kappa shape index (κ1) is 20.4. The second-order valence-corrected chi connectivity index (χ2v) is 7.76. The van der Waals surface area contributed by atoms with Crippen LogP contribution in [0.15, 0.2) is 42.6 Å². The highest BCUT2D eigenvalue weighted by atomic mass is 19.1. The molecule has 0 saturated heterocycles. The van der Waals surface area contributed by atoms with Gasteiger partial charge in [-0.1, -0.05) is 44.7 Å². The summed E-state index contributed by atoms with van der Waals surface area (Å²) < 4.78 is 15.6. The third-order valence-electron chi connectivity index (χ3n) is 5.58. The third-order valence-corrected chi connectivity index (χ3v) is 5.58. The average molecular weight is 386 g/mol. The fourth-order valence-corrected chi connectivity index (χ4v) is 3.99. The first-order valence-electron chi connectivity index (χ1n) is 10.6. The molecule has 1 N–H and O–H groups in total. The summed E-state index contributed by atoms with van der Waals surface area (Å²) in [5, 5.41) is 3.10. The average Bonchev–Trinajstić information content (AvgIpc) is 3.13. The van der Waals surface area contributed by atoms with E-state index in [0.29, 0.717) is 19.1 Å². The number of carbonyl (C=O) groups is 1. The molecule has 0 spiro atoms. The second-order valence-electron chi connectivity index (χ2n) is 7.76. The molecule has 1 saturated carbocycles. The van der Waals surface area contributed by atoms with Gasteiger partial charge in [0.2, 0.25) is 0 Å². The van der Waals surface area contributed by atoms with Gasteiger partial charge in [0, 0.05) is 31.0 Å². The Hall–Kier alpha value is -2.30. The van der Waals surface area contributed by atoms with E-state index < -0.39 is 0 Å². The van der Waals surface area contributed by atoms with Crippen LogP contribution in [-0.4, -0.2) is 28.1 Å². The van der Waals surface area contributed by atoms with Crippen molar-refractivity contribution in [2.75, 3.05) is 6.54 Å². The Bertz CT molecular complexity index is 752. The van der Waals surface area contributed by atoms with Crippen molar-refractivity contribution in [2.24, 2.45) is 0 Å². The van der Waals surface area contributed by atoms with Crippen LogP contribution in [0.2, 0.25) is 0 Å². The molecule has 152 valence electrons. The summed E-state index contributed by atoms with van der Waals surface area (Å²) in [5.74, 6) is -0.217. The number of nitrogens with one attached hydrogen (secondary N) is 1. The minimum atomic E-state index is -0.217. The van der Waals surface area contributed by atoms with E-state index in [-0.39, 0.29) is 11.8 Å². The van der Waals surface area contributed by atoms with Crippen LogP contribution in [0.25, 0.3) is 0 Å². The summed E-state index contributed by atoms with van der Waals surface area (Å²) >= 11 is 0. The first-order chi connectivity index (χ1) is 13.7. The number of urea groups is 1. The number of amides is 2. The predicted octanol–water partition coefficient (Wildman–Crippen LogP) is 5.32. The molecule has 2 aromatic rings. The van der Waals surface area contributed by atoms with Crippen LogP contribution >= 0.6 is 0 Å². The second kappa shape index (κ2) is 10.3. The Kier molecular flexibility index (Phi) is 7.52. The number of nitrogens with zero attached hydrogens (tertiary/aromatic N) is 2. The van der Waals surface area contributed by atoms with E-state index in [4.69, 9.17) is 0 Å². The lowest BCUT2D eigenvalue weighted by Crippen LogP contribution is -2.47. The molecular weight excluding hydrogens is 353 g/mol. The van der Waals surface area contributed by atoms with Gasteiger partial charge in [-0.3, -0.25) is 0 Å². The number of hydrogen-bond donors (Lipinski definition) is 1. The van der Waals surface area contributed by atoms with Gasteiger partial charge in [-0.05, 0) is 49.1 Å². The molecule has 3 rings (SSSR count). The van der Waals surface area contributed by atoms with Crippen LogP contribution in [0.1, 0.15) is 63.1 Å². The van der Waals surface area contributed by atoms with Gasteiger partial charge >= 0.3 is 6.03 Å². The lowest BCUT2D eigenvalue weighted by Gasteiger charge is -2.34. The molecule has 28 heavy (non-hydrogen) atoms. The molecule has 1 aromatic heterocycles. The maximum absolute atomic E-state index is 13.5. The number of aromatic nitrogens is 1. The lowest BCUT2D eigenvalue weighted by atomic mass is 9.94. The van der Waals surface area contributed by atoms with Crippen molar-refractivity contribution < 1.29 is 9.18 Å². The minimum absolute atomic E-state index is 0.0406. The van der Waals surface area contributed by atoms with E-state index >= 15 is 0 Å². The number of benzene rings is 1. The largest absolute Gasteiger partial charge is 0.345 e. The van der Waals surface area contributed by atoms with Gasteiger partial charge in [0.1, 0.15) is 5.82 Å². The highest BCUT2D eigenvalue weighted by molar-refractivity contribution is 5.74. The first-order valence-corrected chi connectivity index (χ1v) is 10.6. The summed E-state index contributed by atoms with van der Waals surface area (Å²) in [6.45, 7) is 4.05. The van der Waals surface area contributed by atoms with Crippen LogP contribution in [0.5, 0.6) is 0 Å². The molecule has 0 aliphatic heterocycles. The molecule has 1 aromatic carbocycles. The molecule has 5 heteroatoms. The highest BCUT2D eigenvalue weighted by Gasteiger charge is 2.26. The molecule has 0 unspecified atom stereocenters. The Morgan fingerprint density at radius 1 is 1.21 bits per heavy atom. The molecule has 0 atom stereocenters. The van der Waals surface area contributed by atoms with Gasteiger partial charge in [0.05, 0.1) is 6.54 Å². The fourth-order valence-electron chi connectivity index (χ4n) is 3.99. The Labute approximate surface area is 167 Å². The highest BCUT2D eigenvalue weighted by Crippen LogP contribution is 2.24. The Morgan fingerprint density at radius 3 is 2.79 bits per heavy atom. The third kappa shape index (κ3) is 5.60. The van der Waals surface area contributed by atoms with Gasteiger partial charge < -0.3 is 14.8 Å². The van der Waals surface area contributed by atoms with Crippen LogP contribution in [0, 0.1) is 5.82 Å². The van der Waals surface area contributed by atoms with E-state index in [1.807, 2.05) is 23.2 Å². The maximum Gasteiger partial charge on any atom is 0.318 e. The van der Waals surface area contributed by atoms with Crippen molar-refractivity contribution in [3.63, 3.8) is 0 Å². The van der Waals surface area contributed by atoms with Gasteiger partial charge in [-0.2, -0.15) is 0 Å². The monoisotopic (exact) mass is 385 g/mol. The Balaban J connectivity index is 1.73. The number of unbranched alkanes of at least 4 members (excludes halogenated alkanes) is 1. The minimum Gasteiger partial charge on any atom is -0.345 e. The molecule has 1 aliphatic rings. The lowest BCUT2D eigenvalue weighted by molar-refractivity contribution is 0.149. The van der Waals surface area contributed by atoms with Crippen molar-refractivity contribution in [2.45, 2.75) is 71.0 Å². The normalized spacial score (nSPS) is 14.8. The topological polar surface area (TPSA) is 37.3 Å². The molecule has 1 heterocycles. The van der Waals surface area contributed by atoms with Crippen molar-refractivity contribution in [1.82, 2.24) is 14.8 Å². The van der Waals surface area contributed by atoms with Gasteiger partial charge in [0.25, 0.3) is 0 Å². The molecule has 4 nitrogen and oxygen atoms in total. The van der Waals surface area contributed by atoms with Crippen molar-refractivity contribution in [3.8, 4) is 0 Å². The van der Waals surface area contributed by atoms with Crippen molar-refractivity contribution >= 4 is 6.03 Å². The zero-order chi connectivity index (χ0) is 19.8. The van der Waals surface area contributed by atoms with Crippen LogP contribution in [-0.2, 0) is 13.1 Å². The van der Waals surface area contributed by atoms with Gasteiger partial charge in [0.15, 0.2) is 0 Å². The Morgan fingerprint density at radius 2 is 2.04 bits per heavy atom. The summed E-state index contributed by atoms with van der Waals surface area (Å²) in [6.07, 6.45) is 9.87. The number of rotatable bonds is 8. The molecule has 1 fully saturated rings. The number of halogens is 1. The zero-order valence-corrected chi connectivity index (χ0v) is 16.9. The maximum atomic E-state index is 13.5. The summed E-state index contributed by atoms with van der Waals surface area (Å²) in [5.41, 5.74) is 2.01. The van der Waals surface area contributed by atoms with E-state index in [1.165, 1.54) is 25.3 Å². The summed E-state index contributed by atoms with van der Waals surface area (Å²) in [6, 6.07) is 11.1. The summed E-state index contributed by atoms with van der Waals surface area (Å²) in [4.78, 5) is 14.9. The number of hydrogen-bond acceptors (Lipinski definition) is 1. The standard InChI is InChI=1S/C23H32FN3O/c1-2-3-14-25-23(28)27(21-11-5-4-6-12-21)18-22-13-8-15-26(22)17-19-9-7-10-20(24)16-19/h7-10,13,15-16,21H,2-6,11-12,14,17-18H2,1H3,(H,25,28). The van der Waals surface area contributed by atoms with E-state index in [2.05, 4.69) is 22.9 Å². The molecule has 1 aliphatic carbocycles. The van der Waals surface area contributed by atoms with Crippen LogP contribution < -0.4 is 5.32 Å². The van der Waals surface area contributed by atoms with Crippen molar-refractivity contribution in [3.05, 3.63) is 59.7 Å². The molecule has 2 amide bonds. The van der Waals surface area contributed by atoms with Gasteiger partial charge in [-0.25, -0.2) is 9.18 Å². The number of carbonyl (C=O) groups excluding carboxylic acids is 1. The van der Waals surface area contributed by atoms with Crippen molar-refractivity contribution in [1.29, 1.82) is 0 Å². The summed E-state index contributed by atoms with van der Waals surface area (Å²) in [7, 11) is 0. The molecule has 0 bridgehead atoms. The van der Waals surface area contributed by atoms with Gasteiger partial charge in [-0.15, -0.1) is 0 Å². The zero-order valence-electron chi connectivity index (χ0n) is 16.9. The molecular formula is C23H32FN3O. The molecule has 0 radical (unpaired) electrons. The smallest absolute Gasteiger partial charge is 0.318 e. The predicted molar refractivity (Wildman–Crippen MR) is 111 cm³/mol. The van der Waals surface area contributed by atoms with E-state index in [0.717, 1.165) is 43.5 Å². The van der Waals surface area contributed by atoms with E-state index in [9.17, 15) is 9.18 Å². The quantitative estimate of drug-likeness (QED) is 0.614. The van der Waals surface area contributed by atoms with E-state index in [1.54, 1.807) is 12.1 Å².